The minimum absolute atomic E-state index is 0.0218. The van der Waals surface area contributed by atoms with Gasteiger partial charge in [0.15, 0.2) is 22.4 Å². The molecule has 6 heteroatoms. The molecule has 0 saturated heterocycles. The van der Waals surface area contributed by atoms with Crippen LogP contribution < -0.4 is 0 Å². The molecule has 2 aromatic heterocycles. The van der Waals surface area contributed by atoms with E-state index in [9.17, 15) is 4.79 Å². The summed E-state index contributed by atoms with van der Waals surface area (Å²) in [7, 11) is 0. The lowest BCUT2D eigenvalue weighted by Gasteiger charge is -1.93. The number of carboxylic acids is 1. The number of rotatable bonds is 3. The molecule has 84 valence electrons. The van der Waals surface area contributed by atoms with E-state index in [4.69, 9.17) is 25.6 Å². The minimum Gasteiger partial charge on any atom is -0.477 e. The number of halogens is 1. The van der Waals surface area contributed by atoms with Gasteiger partial charge < -0.3 is 14.0 Å². The molecule has 16 heavy (non-hydrogen) atoms. The van der Waals surface area contributed by atoms with Crippen LogP contribution >= 0.6 is 11.6 Å². The van der Waals surface area contributed by atoms with Crippen LogP contribution in [0, 0.1) is 0 Å². The van der Waals surface area contributed by atoms with E-state index in [2.05, 4.69) is 5.16 Å². The zero-order chi connectivity index (χ0) is 11.7. The van der Waals surface area contributed by atoms with E-state index < -0.39 is 5.97 Å². The second kappa shape index (κ2) is 4.02. The van der Waals surface area contributed by atoms with Crippen LogP contribution in [-0.2, 0) is 6.42 Å². The molecule has 0 aliphatic rings. The van der Waals surface area contributed by atoms with E-state index in [1.165, 1.54) is 6.07 Å². The van der Waals surface area contributed by atoms with Crippen molar-refractivity contribution in [2.75, 3.05) is 0 Å². The average Bonchev–Trinajstić information content (AvgIpc) is 2.82. The maximum atomic E-state index is 11.1. The lowest BCUT2D eigenvalue weighted by Crippen LogP contribution is -2.00. The molecule has 0 amide bonds. The van der Waals surface area contributed by atoms with Crippen molar-refractivity contribution >= 4 is 17.6 Å². The van der Waals surface area contributed by atoms with Crippen LogP contribution in [0.5, 0.6) is 0 Å². The highest BCUT2D eigenvalue weighted by Gasteiger charge is 2.24. The summed E-state index contributed by atoms with van der Waals surface area (Å²) in [6, 6.07) is 3.06. The highest BCUT2D eigenvalue weighted by molar-refractivity contribution is 6.29. The molecule has 2 heterocycles. The summed E-state index contributed by atoms with van der Waals surface area (Å²) >= 11 is 5.61. The Hall–Kier alpha value is -1.75. The van der Waals surface area contributed by atoms with Crippen LogP contribution in [0.4, 0.5) is 0 Å². The van der Waals surface area contributed by atoms with Gasteiger partial charge in [0.05, 0.1) is 0 Å². The zero-order valence-electron chi connectivity index (χ0n) is 8.36. The summed E-state index contributed by atoms with van der Waals surface area (Å²) in [4.78, 5) is 11.1. The predicted molar refractivity (Wildman–Crippen MR) is 55.6 cm³/mol. The number of nitrogens with zero attached hydrogens (tertiary/aromatic N) is 1. The van der Waals surface area contributed by atoms with Crippen LogP contribution in [0.2, 0.25) is 5.22 Å². The van der Waals surface area contributed by atoms with Gasteiger partial charge in [-0.25, -0.2) is 4.79 Å². The normalized spacial score (nSPS) is 10.6. The molecule has 0 aromatic carbocycles. The van der Waals surface area contributed by atoms with Crippen LogP contribution in [-0.4, -0.2) is 16.2 Å². The van der Waals surface area contributed by atoms with Crippen molar-refractivity contribution in [2.24, 2.45) is 0 Å². The molecule has 2 rings (SSSR count). The van der Waals surface area contributed by atoms with E-state index in [-0.39, 0.29) is 22.2 Å². The van der Waals surface area contributed by atoms with Gasteiger partial charge in [-0.3, -0.25) is 0 Å². The Labute approximate surface area is 95.6 Å². The third kappa shape index (κ3) is 1.69. The third-order valence-corrected chi connectivity index (χ3v) is 2.31. The Bertz CT molecular complexity index is 529. The van der Waals surface area contributed by atoms with Crippen molar-refractivity contribution in [2.45, 2.75) is 13.3 Å². The number of aromatic nitrogens is 1. The van der Waals surface area contributed by atoms with Crippen molar-refractivity contribution in [1.82, 2.24) is 5.16 Å². The monoisotopic (exact) mass is 241 g/mol. The Morgan fingerprint density at radius 2 is 2.31 bits per heavy atom. The quantitative estimate of drug-likeness (QED) is 0.894. The Morgan fingerprint density at radius 3 is 2.81 bits per heavy atom. The van der Waals surface area contributed by atoms with Gasteiger partial charge in [-0.05, 0) is 23.7 Å². The molecule has 1 N–H and O–H groups in total. The van der Waals surface area contributed by atoms with Gasteiger partial charge >= 0.3 is 5.97 Å². The lowest BCUT2D eigenvalue weighted by atomic mass is 10.1. The number of furan rings is 1. The minimum atomic E-state index is -1.10. The highest BCUT2D eigenvalue weighted by atomic mass is 35.5. The van der Waals surface area contributed by atoms with Crippen LogP contribution in [0.1, 0.15) is 23.0 Å². The summed E-state index contributed by atoms with van der Waals surface area (Å²) in [6.45, 7) is 1.78. The van der Waals surface area contributed by atoms with Gasteiger partial charge in [0.25, 0.3) is 0 Å². The van der Waals surface area contributed by atoms with E-state index in [1.54, 1.807) is 13.0 Å². The Balaban J connectivity index is 2.57. The molecular weight excluding hydrogens is 234 g/mol. The largest absolute Gasteiger partial charge is 0.477 e. The van der Waals surface area contributed by atoms with Crippen LogP contribution in [0.25, 0.3) is 11.5 Å². The molecule has 0 aliphatic carbocycles. The molecule has 0 saturated carbocycles. The number of aryl methyl sites for hydroxylation is 1. The van der Waals surface area contributed by atoms with E-state index >= 15 is 0 Å². The number of hydrogen-bond acceptors (Lipinski definition) is 4. The summed E-state index contributed by atoms with van der Waals surface area (Å²) in [5.41, 5.74) is 0.185. The molecule has 0 spiro atoms. The van der Waals surface area contributed by atoms with Crippen LogP contribution in [0.15, 0.2) is 21.1 Å². The molecule has 0 unspecified atom stereocenters. The van der Waals surface area contributed by atoms with Gasteiger partial charge in [0, 0.05) is 6.42 Å². The first-order valence-corrected chi connectivity index (χ1v) is 4.98. The smallest absolute Gasteiger partial charge is 0.341 e. The molecule has 0 aliphatic heterocycles. The molecule has 0 fully saturated rings. The van der Waals surface area contributed by atoms with Crippen molar-refractivity contribution in [3.63, 3.8) is 0 Å². The molecule has 0 atom stereocenters. The SMILES string of the molecule is CCc1onc(-c2ccc(Cl)o2)c1C(=O)O. The number of carboxylic acid groups (broad SMARTS) is 1. The summed E-state index contributed by atoms with van der Waals surface area (Å²) in [5.74, 6) is -0.499. The van der Waals surface area contributed by atoms with Crippen molar-refractivity contribution in [3.05, 3.63) is 28.7 Å². The zero-order valence-corrected chi connectivity index (χ0v) is 9.11. The van der Waals surface area contributed by atoms with Crippen LogP contribution in [0.3, 0.4) is 0 Å². The number of hydrogen-bond donors (Lipinski definition) is 1. The molecule has 0 bridgehead atoms. The van der Waals surface area contributed by atoms with Crippen molar-refractivity contribution < 1.29 is 18.8 Å². The maximum absolute atomic E-state index is 11.1. The van der Waals surface area contributed by atoms with Gasteiger partial charge in [-0.15, -0.1) is 0 Å². The van der Waals surface area contributed by atoms with Gasteiger partial charge in [-0.2, -0.15) is 0 Å². The number of aromatic carboxylic acids is 1. The fourth-order valence-corrected chi connectivity index (χ4v) is 1.54. The first-order chi connectivity index (χ1) is 7.63. The first-order valence-electron chi connectivity index (χ1n) is 4.61. The van der Waals surface area contributed by atoms with Gasteiger partial charge in [-0.1, -0.05) is 12.1 Å². The van der Waals surface area contributed by atoms with E-state index in [0.717, 1.165) is 0 Å². The average molecular weight is 242 g/mol. The standard InChI is InChI=1S/C10H8ClNO4/c1-2-5-8(10(13)14)9(12-16-5)6-3-4-7(11)15-6/h3-4H,2H2,1H3,(H,13,14). The molecule has 0 radical (unpaired) electrons. The van der Waals surface area contributed by atoms with E-state index in [0.29, 0.717) is 12.2 Å². The Kier molecular flexibility index (Phi) is 2.70. The van der Waals surface area contributed by atoms with Gasteiger partial charge in [0.2, 0.25) is 0 Å². The van der Waals surface area contributed by atoms with Gasteiger partial charge in [0.1, 0.15) is 5.56 Å². The first kappa shape index (κ1) is 10.8. The summed E-state index contributed by atoms with van der Waals surface area (Å²) in [6.07, 6.45) is 0.447. The van der Waals surface area contributed by atoms with Crippen molar-refractivity contribution in [3.8, 4) is 11.5 Å². The topological polar surface area (TPSA) is 76.5 Å². The lowest BCUT2D eigenvalue weighted by molar-refractivity contribution is 0.0695. The second-order valence-electron chi connectivity index (χ2n) is 3.09. The second-order valence-corrected chi connectivity index (χ2v) is 3.46. The molecule has 2 aromatic rings. The fraction of sp³-hybridized carbons (Fsp3) is 0.200. The molecule has 5 nitrogen and oxygen atoms in total. The number of carbonyl (C=O) groups is 1. The predicted octanol–water partition coefficient (Wildman–Crippen LogP) is 2.85. The van der Waals surface area contributed by atoms with Crippen molar-refractivity contribution in [1.29, 1.82) is 0 Å². The third-order valence-electron chi connectivity index (χ3n) is 2.10. The Morgan fingerprint density at radius 1 is 1.56 bits per heavy atom. The summed E-state index contributed by atoms with van der Waals surface area (Å²) in [5, 5.41) is 12.9. The molecular formula is C10H8ClNO4. The van der Waals surface area contributed by atoms with E-state index in [1.807, 2.05) is 0 Å². The maximum Gasteiger partial charge on any atom is 0.341 e. The highest BCUT2D eigenvalue weighted by Crippen LogP contribution is 2.28. The fourth-order valence-electron chi connectivity index (χ4n) is 1.40. The summed E-state index contributed by atoms with van der Waals surface area (Å²) < 4.78 is 10.0.